The van der Waals surface area contributed by atoms with E-state index < -0.39 is 0 Å². The fraction of sp³-hybridized carbons (Fsp3) is 0.571. The van der Waals surface area contributed by atoms with E-state index in [-0.39, 0.29) is 6.61 Å². The van der Waals surface area contributed by atoms with E-state index in [4.69, 9.17) is 5.11 Å². The van der Waals surface area contributed by atoms with Crippen LogP contribution in [0.5, 0.6) is 0 Å². The Labute approximate surface area is 97.7 Å². The van der Waals surface area contributed by atoms with Crippen LogP contribution in [0.15, 0.2) is 24.3 Å². The van der Waals surface area contributed by atoms with Crippen molar-refractivity contribution in [2.75, 3.05) is 5.32 Å². The molecule has 0 saturated heterocycles. The summed E-state index contributed by atoms with van der Waals surface area (Å²) in [4.78, 5) is 0. The van der Waals surface area contributed by atoms with Crippen molar-refractivity contribution in [3.8, 4) is 0 Å². The minimum Gasteiger partial charge on any atom is -0.392 e. The van der Waals surface area contributed by atoms with Gasteiger partial charge in [-0.1, -0.05) is 31.9 Å². The van der Waals surface area contributed by atoms with E-state index in [0.717, 1.165) is 17.2 Å². The van der Waals surface area contributed by atoms with E-state index in [0.29, 0.717) is 6.04 Å². The molecule has 88 valence electrons. The van der Waals surface area contributed by atoms with Crippen LogP contribution in [0.25, 0.3) is 0 Å². The summed E-state index contributed by atoms with van der Waals surface area (Å²) in [6.07, 6.45) is 5.31. The molecule has 1 saturated carbocycles. The highest BCUT2D eigenvalue weighted by Crippen LogP contribution is 2.26. The van der Waals surface area contributed by atoms with Crippen LogP contribution < -0.4 is 5.32 Å². The Morgan fingerprint density at radius 3 is 2.88 bits per heavy atom. The summed E-state index contributed by atoms with van der Waals surface area (Å²) in [5.41, 5.74) is 2.12. The molecule has 1 fully saturated rings. The maximum Gasteiger partial charge on any atom is 0.0682 e. The molecule has 0 spiro atoms. The second kappa shape index (κ2) is 5.35. The van der Waals surface area contributed by atoms with E-state index in [9.17, 15) is 0 Å². The minimum absolute atomic E-state index is 0.121. The zero-order valence-electron chi connectivity index (χ0n) is 9.95. The third kappa shape index (κ3) is 2.76. The quantitative estimate of drug-likeness (QED) is 0.818. The zero-order chi connectivity index (χ0) is 11.4. The average Bonchev–Trinajstić information content (AvgIpc) is 2.32. The average molecular weight is 219 g/mol. The van der Waals surface area contributed by atoms with Gasteiger partial charge in [-0.05, 0) is 36.5 Å². The summed E-state index contributed by atoms with van der Waals surface area (Å²) in [5, 5.41) is 12.7. The number of anilines is 1. The Balaban J connectivity index is 2.01. The lowest BCUT2D eigenvalue weighted by molar-refractivity contribution is 0.282. The van der Waals surface area contributed by atoms with Gasteiger partial charge in [0.15, 0.2) is 0 Å². The summed E-state index contributed by atoms with van der Waals surface area (Å²) < 4.78 is 0. The van der Waals surface area contributed by atoms with Gasteiger partial charge in [0.1, 0.15) is 0 Å². The van der Waals surface area contributed by atoms with Crippen molar-refractivity contribution in [1.29, 1.82) is 0 Å². The molecule has 1 aliphatic rings. The van der Waals surface area contributed by atoms with Gasteiger partial charge < -0.3 is 10.4 Å². The summed E-state index contributed by atoms with van der Waals surface area (Å²) in [6, 6.07) is 8.68. The molecule has 2 heteroatoms. The van der Waals surface area contributed by atoms with Crippen LogP contribution in [0.3, 0.4) is 0 Å². The predicted octanol–water partition coefficient (Wildman–Crippen LogP) is 3.17. The molecule has 0 bridgehead atoms. The van der Waals surface area contributed by atoms with Gasteiger partial charge in [0, 0.05) is 11.7 Å². The molecule has 1 aromatic rings. The first-order valence-electron chi connectivity index (χ1n) is 6.26. The molecule has 2 atom stereocenters. The highest BCUT2D eigenvalue weighted by molar-refractivity contribution is 5.46. The summed E-state index contributed by atoms with van der Waals surface area (Å²) in [7, 11) is 0. The van der Waals surface area contributed by atoms with Crippen LogP contribution in [0, 0.1) is 5.92 Å². The Hall–Kier alpha value is -1.02. The van der Waals surface area contributed by atoms with Crippen molar-refractivity contribution in [3.63, 3.8) is 0 Å². The molecule has 1 aliphatic carbocycles. The van der Waals surface area contributed by atoms with Gasteiger partial charge in [0.2, 0.25) is 0 Å². The molecular formula is C14H21NO. The molecular weight excluding hydrogens is 198 g/mol. The molecule has 2 rings (SSSR count). The molecule has 0 aromatic heterocycles. The van der Waals surface area contributed by atoms with Crippen molar-refractivity contribution in [2.45, 2.75) is 45.3 Å². The normalized spacial score (nSPS) is 25.4. The van der Waals surface area contributed by atoms with Crippen molar-refractivity contribution in [3.05, 3.63) is 29.8 Å². The predicted molar refractivity (Wildman–Crippen MR) is 67.4 cm³/mol. The largest absolute Gasteiger partial charge is 0.392 e. The molecule has 1 aromatic carbocycles. The van der Waals surface area contributed by atoms with E-state index in [1.54, 1.807) is 0 Å². The van der Waals surface area contributed by atoms with Gasteiger partial charge in [-0.3, -0.25) is 0 Å². The number of rotatable bonds is 3. The first kappa shape index (κ1) is 11.5. The lowest BCUT2D eigenvalue weighted by Crippen LogP contribution is -2.30. The second-order valence-corrected chi connectivity index (χ2v) is 4.87. The first-order chi connectivity index (χ1) is 7.79. The van der Waals surface area contributed by atoms with E-state index in [1.807, 2.05) is 18.2 Å². The standard InChI is InChI=1S/C14H21NO/c1-11-5-2-3-8-14(11)15-13-7-4-6-12(9-13)10-16/h4,6-7,9,11,14-16H,2-3,5,8,10H2,1H3. The van der Waals surface area contributed by atoms with Gasteiger partial charge >= 0.3 is 0 Å². The number of aliphatic hydroxyl groups excluding tert-OH is 1. The Bertz CT molecular complexity index is 337. The van der Waals surface area contributed by atoms with Crippen molar-refractivity contribution in [1.82, 2.24) is 0 Å². The highest BCUT2D eigenvalue weighted by atomic mass is 16.3. The van der Waals surface area contributed by atoms with Crippen LogP contribution >= 0.6 is 0 Å². The highest BCUT2D eigenvalue weighted by Gasteiger charge is 2.20. The van der Waals surface area contributed by atoms with Gasteiger partial charge in [0.25, 0.3) is 0 Å². The fourth-order valence-corrected chi connectivity index (χ4v) is 2.50. The molecule has 2 nitrogen and oxygen atoms in total. The van der Waals surface area contributed by atoms with Gasteiger partial charge in [0.05, 0.1) is 6.61 Å². The minimum atomic E-state index is 0.121. The third-order valence-electron chi connectivity index (χ3n) is 3.57. The van der Waals surface area contributed by atoms with E-state index in [2.05, 4.69) is 18.3 Å². The van der Waals surface area contributed by atoms with Crippen LogP contribution in [-0.2, 0) is 6.61 Å². The maximum absolute atomic E-state index is 9.09. The first-order valence-corrected chi connectivity index (χ1v) is 6.26. The summed E-state index contributed by atoms with van der Waals surface area (Å²) in [6.45, 7) is 2.45. The van der Waals surface area contributed by atoms with E-state index in [1.165, 1.54) is 25.7 Å². The molecule has 0 radical (unpaired) electrons. The smallest absolute Gasteiger partial charge is 0.0682 e. The van der Waals surface area contributed by atoms with Gasteiger partial charge in [-0.2, -0.15) is 0 Å². The monoisotopic (exact) mass is 219 g/mol. The van der Waals surface area contributed by atoms with E-state index >= 15 is 0 Å². The Morgan fingerprint density at radius 1 is 1.31 bits per heavy atom. The third-order valence-corrected chi connectivity index (χ3v) is 3.57. The van der Waals surface area contributed by atoms with Gasteiger partial charge in [-0.15, -0.1) is 0 Å². The summed E-state index contributed by atoms with van der Waals surface area (Å²) >= 11 is 0. The molecule has 2 N–H and O–H groups in total. The molecule has 0 heterocycles. The fourth-order valence-electron chi connectivity index (χ4n) is 2.50. The lowest BCUT2D eigenvalue weighted by Gasteiger charge is -2.30. The van der Waals surface area contributed by atoms with Crippen molar-refractivity contribution >= 4 is 5.69 Å². The van der Waals surface area contributed by atoms with Crippen molar-refractivity contribution in [2.24, 2.45) is 5.92 Å². The molecule has 0 aliphatic heterocycles. The topological polar surface area (TPSA) is 32.3 Å². The molecule has 0 amide bonds. The number of benzene rings is 1. The zero-order valence-corrected chi connectivity index (χ0v) is 9.95. The van der Waals surface area contributed by atoms with Crippen LogP contribution in [-0.4, -0.2) is 11.1 Å². The van der Waals surface area contributed by atoms with Crippen LogP contribution in [0.4, 0.5) is 5.69 Å². The maximum atomic E-state index is 9.09. The second-order valence-electron chi connectivity index (χ2n) is 4.87. The SMILES string of the molecule is CC1CCCCC1Nc1cccc(CO)c1. The molecule has 2 unspecified atom stereocenters. The van der Waals surface area contributed by atoms with Crippen LogP contribution in [0.2, 0.25) is 0 Å². The number of hydrogen-bond donors (Lipinski definition) is 2. The lowest BCUT2D eigenvalue weighted by atomic mass is 9.86. The number of nitrogens with one attached hydrogen (secondary N) is 1. The molecule has 16 heavy (non-hydrogen) atoms. The summed E-state index contributed by atoms with van der Waals surface area (Å²) in [5.74, 6) is 0.756. The Kier molecular flexibility index (Phi) is 3.83. The Morgan fingerprint density at radius 2 is 2.12 bits per heavy atom. The number of aliphatic hydroxyl groups is 1. The van der Waals surface area contributed by atoms with Crippen molar-refractivity contribution < 1.29 is 5.11 Å². The number of hydrogen-bond acceptors (Lipinski definition) is 2. The van der Waals surface area contributed by atoms with Gasteiger partial charge in [-0.25, -0.2) is 0 Å². The van der Waals surface area contributed by atoms with Crippen LogP contribution in [0.1, 0.15) is 38.2 Å².